The highest BCUT2D eigenvalue weighted by atomic mass is 35.5. The number of nitrogens with zero attached hydrogens (tertiary/aromatic N) is 6. The number of nitrogen functional groups attached to an aromatic ring is 1. The summed E-state index contributed by atoms with van der Waals surface area (Å²) < 4.78 is 5.93. The third-order valence-corrected chi connectivity index (χ3v) is 5.61. The lowest BCUT2D eigenvalue weighted by Gasteiger charge is -2.05. The highest BCUT2D eigenvalue weighted by molar-refractivity contribution is 7.13. The van der Waals surface area contributed by atoms with Gasteiger partial charge in [0.15, 0.2) is 5.69 Å². The molecule has 0 atom stereocenters. The summed E-state index contributed by atoms with van der Waals surface area (Å²) >= 11 is 13.4. The quantitative estimate of drug-likeness (QED) is 0.342. The molecule has 4 rings (SSSR count). The molecule has 3 aromatic heterocycles. The number of rotatable bonds is 5. The van der Waals surface area contributed by atoms with Crippen molar-refractivity contribution in [1.29, 1.82) is 0 Å². The Labute approximate surface area is 183 Å². The summed E-state index contributed by atoms with van der Waals surface area (Å²) in [7, 11) is 0. The van der Waals surface area contributed by atoms with Crippen molar-refractivity contribution in [2.45, 2.75) is 6.92 Å². The Hall–Kier alpha value is -3.28. The zero-order chi connectivity index (χ0) is 21.3. The second-order valence-electron chi connectivity index (χ2n) is 5.92. The molecule has 4 aromatic rings. The van der Waals surface area contributed by atoms with E-state index in [0.717, 1.165) is 4.88 Å². The van der Waals surface area contributed by atoms with E-state index in [4.69, 9.17) is 28.9 Å². The number of benzene rings is 1. The van der Waals surface area contributed by atoms with Crippen LogP contribution in [0.2, 0.25) is 10.0 Å². The van der Waals surface area contributed by atoms with Gasteiger partial charge in [-0.1, -0.05) is 40.5 Å². The number of anilines is 1. The second kappa shape index (κ2) is 8.22. The van der Waals surface area contributed by atoms with Crippen LogP contribution in [0.4, 0.5) is 5.82 Å². The van der Waals surface area contributed by atoms with Gasteiger partial charge in [-0.15, -0.1) is 16.4 Å². The van der Waals surface area contributed by atoms with E-state index in [0.29, 0.717) is 27.0 Å². The van der Waals surface area contributed by atoms with Crippen LogP contribution in [0.5, 0.6) is 0 Å². The van der Waals surface area contributed by atoms with E-state index >= 15 is 0 Å². The van der Waals surface area contributed by atoms with Crippen LogP contribution in [-0.4, -0.2) is 36.9 Å². The van der Waals surface area contributed by atoms with Crippen molar-refractivity contribution in [2.24, 2.45) is 5.10 Å². The van der Waals surface area contributed by atoms with E-state index in [2.05, 4.69) is 35.8 Å². The number of nitrogens with one attached hydrogen (secondary N) is 1. The number of hydrogen-bond acceptors (Lipinski definition) is 9. The lowest BCUT2D eigenvalue weighted by Crippen LogP contribution is -2.20. The van der Waals surface area contributed by atoms with Gasteiger partial charge in [0, 0.05) is 0 Å². The normalized spacial score (nSPS) is 11.6. The molecule has 0 unspecified atom stereocenters. The highest BCUT2D eigenvalue weighted by Gasteiger charge is 2.25. The number of halogens is 2. The molecule has 152 valence electrons. The van der Waals surface area contributed by atoms with Crippen molar-refractivity contribution in [3.05, 3.63) is 57.0 Å². The van der Waals surface area contributed by atoms with Crippen LogP contribution >= 0.6 is 34.5 Å². The van der Waals surface area contributed by atoms with Crippen molar-refractivity contribution in [3.63, 3.8) is 0 Å². The first-order valence-corrected chi connectivity index (χ1v) is 9.97. The van der Waals surface area contributed by atoms with E-state index < -0.39 is 5.91 Å². The molecule has 1 amide bonds. The number of amides is 1. The second-order valence-corrected chi connectivity index (χ2v) is 7.68. The summed E-state index contributed by atoms with van der Waals surface area (Å²) in [6.07, 6.45) is 0. The first kappa shape index (κ1) is 20.0. The van der Waals surface area contributed by atoms with E-state index in [1.165, 1.54) is 16.0 Å². The maximum atomic E-state index is 12.8. The molecule has 0 aliphatic heterocycles. The maximum absolute atomic E-state index is 12.8. The number of hydrogen-bond donors (Lipinski definition) is 2. The summed E-state index contributed by atoms with van der Waals surface area (Å²) in [4.78, 5) is 13.5. The fourth-order valence-electron chi connectivity index (χ4n) is 2.53. The topological polar surface area (TPSA) is 137 Å². The van der Waals surface area contributed by atoms with Crippen molar-refractivity contribution in [3.8, 4) is 16.4 Å². The average molecular weight is 463 g/mol. The monoisotopic (exact) mass is 462 g/mol. The molecular weight excluding hydrogens is 451 g/mol. The van der Waals surface area contributed by atoms with Crippen LogP contribution < -0.4 is 11.2 Å². The first-order chi connectivity index (χ1) is 14.5. The average Bonchev–Trinajstić information content (AvgIpc) is 3.47. The van der Waals surface area contributed by atoms with Gasteiger partial charge in [0.2, 0.25) is 11.6 Å². The van der Waals surface area contributed by atoms with Crippen molar-refractivity contribution >= 4 is 52.0 Å². The molecule has 0 spiro atoms. The number of nitrogens with two attached hydrogens (primary N) is 1. The van der Waals surface area contributed by atoms with Crippen molar-refractivity contribution in [1.82, 2.24) is 30.7 Å². The Morgan fingerprint density at radius 2 is 2.10 bits per heavy atom. The molecule has 3 N–H and O–H groups in total. The summed E-state index contributed by atoms with van der Waals surface area (Å²) in [6, 6.07) is 8.69. The first-order valence-electron chi connectivity index (χ1n) is 8.33. The molecule has 0 saturated heterocycles. The van der Waals surface area contributed by atoms with Crippen LogP contribution in [0, 0.1) is 0 Å². The van der Waals surface area contributed by atoms with Crippen LogP contribution in [-0.2, 0) is 0 Å². The van der Waals surface area contributed by atoms with Crippen LogP contribution in [0.3, 0.4) is 0 Å². The predicted octanol–water partition coefficient (Wildman–Crippen LogP) is 3.42. The highest BCUT2D eigenvalue weighted by Crippen LogP contribution is 2.30. The molecule has 3 heterocycles. The molecule has 30 heavy (non-hydrogen) atoms. The van der Waals surface area contributed by atoms with E-state index in [1.807, 2.05) is 17.5 Å². The fraction of sp³-hybridized carbons (Fsp3) is 0.0588. The van der Waals surface area contributed by atoms with Gasteiger partial charge in [-0.25, -0.2) is 10.1 Å². The number of thiophene rings is 1. The third kappa shape index (κ3) is 3.77. The van der Waals surface area contributed by atoms with Crippen molar-refractivity contribution < 1.29 is 9.42 Å². The minimum Gasteiger partial charge on any atom is -0.378 e. The molecule has 1 aromatic carbocycles. The molecule has 10 nitrogen and oxygen atoms in total. The fourth-order valence-corrected chi connectivity index (χ4v) is 3.58. The predicted molar refractivity (Wildman–Crippen MR) is 113 cm³/mol. The summed E-state index contributed by atoms with van der Waals surface area (Å²) in [6.45, 7) is 1.72. The van der Waals surface area contributed by atoms with Gasteiger partial charge in [0.25, 0.3) is 5.91 Å². The zero-order valence-corrected chi connectivity index (χ0v) is 17.5. The summed E-state index contributed by atoms with van der Waals surface area (Å²) in [5, 5.41) is 22.0. The lowest BCUT2D eigenvalue weighted by atomic mass is 10.1. The number of carbonyl (C=O) groups is 1. The number of aromatic nitrogens is 5. The standard InChI is InChI=1S/C17H12Cl2N8O2S/c1-8(9-4-5-10(18)11(19)7-9)21-23-17(28)13-14(12-3-2-6-30-12)27(26-22-13)16-15(20)24-29-25-16/h2-7H,1H3,(H2,20,24)(H,23,28)/b21-8+. The van der Waals surface area contributed by atoms with Gasteiger partial charge >= 0.3 is 0 Å². The zero-order valence-electron chi connectivity index (χ0n) is 15.2. The third-order valence-electron chi connectivity index (χ3n) is 4.00. The summed E-state index contributed by atoms with van der Waals surface area (Å²) in [5.41, 5.74) is 9.89. The molecule has 0 bridgehead atoms. The van der Waals surface area contributed by atoms with Gasteiger partial charge in [-0.3, -0.25) is 4.79 Å². The van der Waals surface area contributed by atoms with Crippen LogP contribution in [0.25, 0.3) is 16.4 Å². The Kier molecular flexibility index (Phi) is 5.48. The van der Waals surface area contributed by atoms with Crippen LogP contribution in [0.1, 0.15) is 23.0 Å². The van der Waals surface area contributed by atoms with Gasteiger partial charge in [-0.05, 0) is 46.4 Å². The molecule has 0 aliphatic rings. The molecule has 0 aliphatic carbocycles. The Morgan fingerprint density at radius 1 is 1.27 bits per heavy atom. The van der Waals surface area contributed by atoms with E-state index in [-0.39, 0.29) is 17.3 Å². The number of hydrazone groups is 1. The molecule has 0 saturated carbocycles. The van der Waals surface area contributed by atoms with Crippen molar-refractivity contribution in [2.75, 3.05) is 5.73 Å². The van der Waals surface area contributed by atoms with Crippen LogP contribution in [0.15, 0.2) is 45.4 Å². The Bertz CT molecular complexity index is 1250. The minimum absolute atomic E-state index is 0.0122. The van der Waals surface area contributed by atoms with Gasteiger partial charge < -0.3 is 5.73 Å². The largest absolute Gasteiger partial charge is 0.378 e. The minimum atomic E-state index is -0.570. The molecule has 13 heteroatoms. The van der Waals surface area contributed by atoms with Gasteiger partial charge in [0.1, 0.15) is 5.69 Å². The molecular formula is C17H12Cl2N8O2S. The molecule has 0 fully saturated rings. The molecule has 0 radical (unpaired) electrons. The summed E-state index contributed by atoms with van der Waals surface area (Å²) in [5.74, 6) is -0.433. The lowest BCUT2D eigenvalue weighted by molar-refractivity contribution is 0.0950. The maximum Gasteiger partial charge on any atom is 0.294 e. The number of carbonyl (C=O) groups excluding carboxylic acids is 1. The van der Waals surface area contributed by atoms with Gasteiger partial charge in [0.05, 0.1) is 20.6 Å². The van der Waals surface area contributed by atoms with E-state index in [1.54, 1.807) is 25.1 Å². The Morgan fingerprint density at radius 3 is 2.77 bits per heavy atom. The Balaban J connectivity index is 1.67. The van der Waals surface area contributed by atoms with E-state index in [9.17, 15) is 4.79 Å². The van der Waals surface area contributed by atoms with Gasteiger partial charge in [-0.2, -0.15) is 9.78 Å². The SMILES string of the molecule is C/C(=N\NC(=O)c1nnn(-c2nonc2N)c1-c1cccs1)c1ccc(Cl)c(Cl)c1. The smallest absolute Gasteiger partial charge is 0.294 e.